The molecule has 1 aromatic rings. The quantitative estimate of drug-likeness (QED) is 0.164. The zero-order valence-electron chi connectivity index (χ0n) is 28.6. The van der Waals surface area contributed by atoms with Crippen molar-refractivity contribution in [1.29, 1.82) is 0 Å². The standard InChI is InChI=1S/C32H45F5O3S/c1-30-17-15-26-25-12-11-24(38)21-23(25)20-22(29(26)27(30)13-14-28(30)39)10-7-5-3-2-4-6-8-18-41(40)19-9-16-31(33,34)32(35,36)37/h11-12,20-21,26-29,38-39H,2-10,13-19H2,1H3/t26?,27?,28-,29?,30-,41?/m0/s1/i11D,14D2,21D,28D. The van der Waals surface area contributed by atoms with Gasteiger partial charge in [0.05, 0.1) is 10.2 Å². The molecule has 2 N–H and O–H groups in total. The van der Waals surface area contributed by atoms with Crippen LogP contribution in [0.2, 0.25) is 0 Å². The molecule has 0 spiro atoms. The van der Waals surface area contributed by atoms with Gasteiger partial charge in [-0.2, -0.15) is 22.0 Å². The molecule has 4 rings (SSSR count). The molecule has 2 saturated carbocycles. The lowest BCUT2D eigenvalue weighted by Gasteiger charge is -2.50. The average molecular weight is 610 g/mol. The minimum Gasteiger partial charge on any atom is -0.508 e. The number of phenols is 1. The third kappa shape index (κ3) is 7.54. The fourth-order valence-corrected chi connectivity index (χ4v) is 8.20. The van der Waals surface area contributed by atoms with Crippen molar-refractivity contribution < 1.29 is 43.2 Å². The summed E-state index contributed by atoms with van der Waals surface area (Å²) < 4.78 is 117. The number of allylic oxidation sites excluding steroid dienone is 1. The van der Waals surface area contributed by atoms with Gasteiger partial charge < -0.3 is 10.2 Å². The zero-order chi connectivity index (χ0) is 34.3. The van der Waals surface area contributed by atoms with E-state index in [-0.39, 0.29) is 53.5 Å². The number of alkyl halides is 5. The van der Waals surface area contributed by atoms with Gasteiger partial charge in [-0.25, -0.2) is 0 Å². The number of aliphatic hydroxyl groups is 1. The third-order valence-electron chi connectivity index (χ3n) is 9.39. The van der Waals surface area contributed by atoms with Crippen molar-refractivity contribution in [3.8, 4) is 5.75 Å². The lowest BCUT2D eigenvalue weighted by molar-refractivity contribution is -0.284. The van der Waals surface area contributed by atoms with E-state index >= 15 is 0 Å². The van der Waals surface area contributed by atoms with E-state index in [1.165, 1.54) is 0 Å². The maximum Gasteiger partial charge on any atom is 0.453 e. The number of hydrogen-bond acceptors (Lipinski definition) is 3. The zero-order valence-corrected chi connectivity index (χ0v) is 24.4. The summed E-state index contributed by atoms with van der Waals surface area (Å²) in [6.45, 7) is 1.81. The van der Waals surface area contributed by atoms with E-state index in [0.717, 1.165) is 49.7 Å². The fraction of sp³-hybridized carbons (Fsp3) is 0.750. The van der Waals surface area contributed by atoms with Crippen LogP contribution in [0.25, 0.3) is 6.08 Å². The molecule has 0 aliphatic heterocycles. The van der Waals surface area contributed by atoms with Crippen LogP contribution >= 0.6 is 0 Å². The summed E-state index contributed by atoms with van der Waals surface area (Å²) in [4.78, 5) is 0. The first kappa shape index (κ1) is 26.0. The van der Waals surface area contributed by atoms with Crippen molar-refractivity contribution >= 4 is 16.9 Å². The lowest BCUT2D eigenvalue weighted by atomic mass is 9.54. The Morgan fingerprint density at radius 2 is 1.73 bits per heavy atom. The summed E-state index contributed by atoms with van der Waals surface area (Å²) >= 11 is 0. The molecule has 3 aliphatic rings. The maximum absolute atomic E-state index is 13.0. The summed E-state index contributed by atoms with van der Waals surface area (Å²) in [5.74, 6) is -5.58. The lowest BCUT2D eigenvalue weighted by Crippen LogP contribution is -2.44. The van der Waals surface area contributed by atoms with Crippen molar-refractivity contribution in [2.45, 2.75) is 121 Å². The monoisotopic (exact) mass is 609 g/mol. The van der Waals surface area contributed by atoms with Gasteiger partial charge in [-0.3, -0.25) is 4.21 Å². The van der Waals surface area contributed by atoms with Crippen molar-refractivity contribution in [3.63, 3.8) is 0 Å². The molecular formula is C32H45F5O3S. The first-order valence-electron chi connectivity index (χ1n) is 17.3. The highest BCUT2D eigenvalue weighted by Gasteiger charge is 2.57. The molecule has 1 aromatic carbocycles. The van der Waals surface area contributed by atoms with E-state index in [9.17, 15) is 36.4 Å². The predicted molar refractivity (Wildman–Crippen MR) is 153 cm³/mol. The van der Waals surface area contributed by atoms with E-state index in [1.807, 2.05) is 13.0 Å². The number of unbranched alkanes of at least 4 members (excludes halogenated alkanes) is 6. The van der Waals surface area contributed by atoms with E-state index in [0.29, 0.717) is 31.2 Å². The van der Waals surface area contributed by atoms with Crippen molar-refractivity contribution in [2.75, 3.05) is 11.5 Å². The number of halogens is 5. The Kier molecular flexibility index (Phi) is 8.51. The largest absolute Gasteiger partial charge is 0.508 e. The molecule has 41 heavy (non-hydrogen) atoms. The highest BCUT2D eigenvalue weighted by atomic mass is 32.2. The second-order valence-electron chi connectivity index (χ2n) is 12.2. The van der Waals surface area contributed by atoms with Gasteiger partial charge in [0.25, 0.3) is 0 Å². The molecule has 0 bridgehead atoms. The molecule has 0 amide bonds. The Hall–Kier alpha value is -1.48. The maximum atomic E-state index is 13.0. The summed E-state index contributed by atoms with van der Waals surface area (Å²) in [5, 5.41) is 21.5. The smallest absolute Gasteiger partial charge is 0.453 e. The molecule has 6 atom stereocenters. The Morgan fingerprint density at radius 1 is 1.07 bits per heavy atom. The van der Waals surface area contributed by atoms with E-state index in [4.69, 9.17) is 6.85 Å². The van der Waals surface area contributed by atoms with Gasteiger partial charge in [-0.15, -0.1) is 0 Å². The van der Waals surface area contributed by atoms with E-state index < -0.39 is 53.6 Å². The van der Waals surface area contributed by atoms with Crippen LogP contribution in [0, 0.1) is 17.3 Å². The average Bonchev–Trinajstić information content (AvgIpc) is 3.10. The second kappa shape index (κ2) is 13.4. The number of hydrogen-bond donors (Lipinski definition) is 2. The normalized spacial score (nSPS) is 33.3. The molecule has 2 fully saturated rings. The first-order valence-corrected chi connectivity index (χ1v) is 16.3. The van der Waals surface area contributed by atoms with Gasteiger partial charge in [0.15, 0.2) is 0 Å². The summed E-state index contributed by atoms with van der Waals surface area (Å²) in [6, 6.07) is 1.39. The van der Waals surface area contributed by atoms with E-state index in [1.54, 1.807) is 6.07 Å². The van der Waals surface area contributed by atoms with Crippen LogP contribution in [0.4, 0.5) is 22.0 Å². The van der Waals surface area contributed by atoms with Crippen LogP contribution in [-0.2, 0) is 10.8 Å². The Bertz CT molecular complexity index is 1320. The second-order valence-corrected chi connectivity index (χ2v) is 13.8. The molecule has 3 nitrogen and oxygen atoms in total. The summed E-state index contributed by atoms with van der Waals surface area (Å²) in [5.41, 5.74) is 1.45. The van der Waals surface area contributed by atoms with Gasteiger partial charge in [0.2, 0.25) is 0 Å². The van der Waals surface area contributed by atoms with Crippen molar-refractivity contribution in [2.24, 2.45) is 17.3 Å². The molecule has 3 aliphatic carbocycles. The number of fused-ring (bicyclic) bond motifs is 5. The van der Waals surface area contributed by atoms with Gasteiger partial charge >= 0.3 is 12.1 Å². The molecule has 232 valence electrons. The molecule has 9 heteroatoms. The van der Waals surface area contributed by atoms with Crippen LogP contribution in [0.3, 0.4) is 0 Å². The molecule has 0 heterocycles. The molecule has 0 aromatic heterocycles. The number of benzene rings is 1. The van der Waals surface area contributed by atoms with Gasteiger partial charge in [0.1, 0.15) is 5.75 Å². The highest BCUT2D eigenvalue weighted by molar-refractivity contribution is 7.84. The number of phenolic OH excluding ortho intramolecular Hbond substituents is 1. The third-order valence-corrected chi connectivity index (χ3v) is 10.9. The Balaban J connectivity index is 1.29. The summed E-state index contributed by atoms with van der Waals surface area (Å²) in [6.07, 6.45) is -2.24. The Labute approximate surface area is 250 Å². The van der Waals surface area contributed by atoms with Gasteiger partial charge in [-0.1, -0.05) is 56.7 Å². The van der Waals surface area contributed by atoms with Gasteiger partial charge in [0, 0.05) is 31.5 Å². The SMILES string of the molecule is [2H]c1cc2c(c([2H])c1O)C=C(CCCCCCCCCS(=O)CCCC(F)(F)C(F)(F)F)C1C2CC[C@@]2(C)C1CC([2H])([2H])[C@]2([2H])O. The molecular weight excluding hydrogens is 559 g/mol. The highest BCUT2D eigenvalue weighted by Crippen LogP contribution is 2.62. The minimum atomic E-state index is -5.59. The van der Waals surface area contributed by atoms with Crippen LogP contribution in [-0.4, -0.2) is 44.1 Å². The van der Waals surface area contributed by atoms with Gasteiger partial charge in [-0.05, 0) is 97.7 Å². The van der Waals surface area contributed by atoms with Crippen molar-refractivity contribution in [1.82, 2.24) is 0 Å². The van der Waals surface area contributed by atoms with Crippen LogP contribution in [0.1, 0.15) is 121 Å². The molecule has 0 radical (unpaired) electrons. The molecule has 4 unspecified atom stereocenters. The first-order chi connectivity index (χ1) is 21.2. The van der Waals surface area contributed by atoms with Crippen LogP contribution < -0.4 is 0 Å². The number of aromatic hydroxyl groups is 1. The molecule has 0 saturated heterocycles. The van der Waals surface area contributed by atoms with Crippen LogP contribution in [0.15, 0.2) is 23.7 Å². The topological polar surface area (TPSA) is 57.5 Å². The van der Waals surface area contributed by atoms with Crippen molar-refractivity contribution in [3.05, 3.63) is 34.9 Å². The van der Waals surface area contributed by atoms with Crippen LogP contribution in [0.5, 0.6) is 5.75 Å². The minimum absolute atomic E-state index is 0.0434. The number of rotatable bonds is 14. The summed E-state index contributed by atoms with van der Waals surface area (Å²) in [7, 11) is -1.43. The van der Waals surface area contributed by atoms with E-state index in [2.05, 4.69) is 0 Å². The Morgan fingerprint density at radius 3 is 2.44 bits per heavy atom. The fourth-order valence-electron chi connectivity index (χ4n) is 7.00. The predicted octanol–water partition coefficient (Wildman–Crippen LogP) is 8.91.